The molecule has 0 bridgehead atoms. The van der Waals surface area contributed by atoms with Crippen LogP contribution in [-0.2, 0) is 4.79 Å². The van der Waals surface area contributed by atoms with Crippen molar-refractivity contribution in [1.29, 1.82) is 5.26 Å². The minimum Gasteiger partial charge on any atom is -0.493 e. The molecule has 0 radical (unpaired) electrons. The number of hydrogen-bond acceptors (Lipinski definition) is 3. The minimum atomic E-state index is -0.0846. The summed E-state index contributed by atoms with van der Waals surface area (Å²) in [4.78, 5) is 12.9. The van der Waals surface area contributed by atoms with Crippen molar-refractivity contribution in [1.82, 2.24) is 4.90 Å². The van der Waals surface area contributed by atoms with Crippen molar-refractivity contribution in [3.05, 3.63) is 29.8 Å². The molecule has 4 nitrogen and oxygen atoms in total. The van der Waals surface area contributed by atoms with Crippen LogP contribution in [0.2, 0.25) is 0 Å². The van der Waals surface area contributed by atoms with Gasteiger partial charge in [0, 0.05) is 7.05 Å². The number of nitrogens with zero attached hydrogens (tertiary/aromatic N) is 2. The molecular formula is C13H16N2O2. The summed E-state index contributed by atoms with van der Waals surface area (Å²) in [6, 6.07) is 9.59. The monoisotopic (exact) mass is 232 g/mol. The molecule has 1 aromatic carbocycles. The largest absolute Gasteiger partial charge is 0.493 e. The standard InChI is InChI=1S/C13H16N2O2/c1-11-3-5-12(6-4-11)17-10-7-13(16)15(2)9-8-14/h3-6H,7,9-10H2,1-2H3. The molecule has 1 amide bonds. The summed E-state index contributed by atoms with van der Waals surface area (Å²) in [6.07, 6.45) is 0.284. The smallest absolute Gasteiger partial charge is 0.226 e. The first kappa shape index (κ1) is 13.0. The highest BCUT2D eigenvalue weighted by atomic mass is 16.5. The van der Waals surface area contributed by atoms with E-state index in [4.69, 9.17) is 10.00 Å². The first-order valence-corrected chi connectivity index (χ1v) is 5.44. The Morgan fingerprint density at radius 3 is 2.65 bits per heavy atom. The molecule has 0 saturated heterocycles. The van der Waals surface area contributed by atoms with Gasteiger partial charge in [0.25, 0.3) is 0 Å². The Hall–Kier alpha value is -2.02. The lowest BCUT2D eigenvalue weighted by Gasteiger charge is -2.13. The van der Waals surface area contributed by atoms with Crippen molar-refractivity contribution in [3.8, 4) is 11.8 Å². The summed E-state index contributed by atoms with van der Waals surface area (Å²) >= 11 is 0. The molecule has 0 unspecified atom stereocenters. The van der Waals surface area contributed by atoms with Crippen molar-refractivity contribution in [2.45, 2.75) is 13.3 Å². The van der Waals surface area contributed by atoms with E-state index in [1.54, 1.807) is 7.05 Å². The predicted octanol–water partition coefficient (Wildman–Crippen LogP) is 1.75. The summed E-state index contributed by atoms with van der Waals surface area (Å²) in [5.41, 5.74) is 1.17. The van der Waals surface area contributed by atoms with Crippen LogP contribution in [-0.4, -0.2) is 31.0 Å². The summed E-state index contributed by atoms with van der Waals surface area (Å²) in [5.74, 6) is 0.671. The van der Waals surface area contributed by atoms with Gasteiger partial charge in [0.05, 0.1) is 19.1 Å². The number of amides is 1. The van der Waals surface area contributed by atoms with Gasteiger partial charge in [-0.3, -0.25) is 4.79 Å². The highest BCUT2D eigenvalue weighted by molar-refractivity contribution is 5.76. The minimum absolute atomic E-state index is 0.0846. The zero-order valence-corrected chi connectivity index (χ0v) is 10.1. The Kier molecular flexibility index (Phi) is 5.02. The first-order chi connectivity index (χ1) is 8.13. The van der Waals surface area contributed by atoms with Gasteiger partial charge in [-0.2, -0.15) is 5.26 Å². The average molecular weight is 232 g/mol. The second kappa shape index (κ2) is 6.54. The van der Waals surface area contributed by atoms with Crippen LogP contribution in [0.5, 0.6) is 5.75 Å². The van der Waals surface area contributed by atoms with Crippen molar-refractivity contribution in [2.24, 2.45) is 0 Å². The predicted molar refractivity (Wildman–Crippen MR) is 64.5 cm³/mol. The molecule has 1 rings (SSSR count). The molecule has 0 N–H and O–H groups in total. The highest BCUT2D eigenvalue weighted by Crippen LogP contribution is 2.11. The van der Waals surface area contributed by atoms with Gasteiger partial charge >= 0.3 is 0 Å². The van der Waals surface area contributed by atoms with Gasteiger partial charge in [0.15, 0.2) is 0 Å². The Bertz CT molecular complexity index is 406. The summed E-state index contributed by atoms with van der Waals surface area (Å²) in [7, 11) is 1.61. The highest BCUT2D eigenvalue weighted by Gasteiger charge is 2.07. The van der Waals surface area contributed by atoms with E-state index in [-0.39, 0.29) is 18.9 Å². The summed E-state index contributed by atoms with van der Waals surface area (Å²) in [5, 5.41) is 8.44. The number of carbonyl (C=O) groups excluding carboxylic acids is 1. The number of hydrogen-bond donors (Lipinski definition) is 0. The number of benzene rings is 1. The molecule has 0 fully saturated rings. The van der Waals surface area contributed by atoms with Gasteiger partial charge in [-0.25, -0.2) is 0 Å². The topological polar surface area (TPSA) is 53.3 Å². The van der Waals surface area contributed by atoms with Crippen LogP contribution in [0.4, 0.5) is 0 Å². The SMILES string of the molecule is Cc1ccc(OCCC(=O)N(C)CC#N)cc1. The molecule has 17 heavy (non-hydrogen) atoms. The molecule has 0 atom stereocenters. The van der Waals surface area contributed by atoms with Crippen molar-refractivity contribution in [3.63, 3.8) is 0 Å². The quantitative estimate of drug-likeness (QED) is 0.727. The molecule has 0 aromatic heterocycles. The number of carbonyl (C=O) groups is 1. The molecule has 0 aliphatic heterocycles. The fourth-order valence-electron chi connectivity index (χ4n) is 1.28. The maximum Gasteiger partial charge on any atom is 0.226 e. The molecule has 0 heterocycles. The van der Waals surface area contributed by atoms with Crippen LogP contribution in [0, 0.1) is 18.3 Å². The van der Waals surface area contributed by atoms with E-state index in [0.29, 0.717) is 6.61 Å². The zero-order valence-electron chi connectivity index (χ0n) is 10.1. The fraction of sp³-hybridized carbons (Fsp3) is 0.385. The van der Waals surface area contributed by atoms with Gasteiger partial charge in [-0.05, 0) is 19.1 Å². The number of rotatable bonds is 5. The molecule has 1 aromatic rings. The number of ether oxygens (including phenoxy) is 1. The van der Waals surface area contributed by atoms with Crippen molar-refractivity contribution < 1.29 is 9.53 Å². The van der Waals surface area contributed by atoms with Gasteiger partial charge in [-0.15, -0.1) is 0 Å². The van der Waals surface area contributed by atoms with Gasteiger partial charge < -0.3 is 9.64 Å². The first-order valence-electron chi connectivity index (χ1n) is 5.44. The van der Waals surface area contributed by atoms with E-state index in [1.807, 2.05) is 37.3 Å². The Balaban J connectivity index is 2.31. The van der Waals surface area contributed by atoms with Gasteiger partial charge in [0.1, 0.15) is 12.3 Å². The normalized spacial score (nSPS) is 9.47. The second-order valence-corrected chi connectivity index (χ2v) is 3.82. The number of nitriles is 1. The maximum absolute atomic E-state index is 11.5. The van der Waals surface area contributed by atoms with E-state index >= 15 is 0 Å². The Morgan fingerprint density at radius 2 is 2.06 bits per heavy atom. The van der Waals surface area contributed by atoms with Crippen LogP contribution < -0.4 is 4.74 Å². The van der Waals surface area contributed by atoms with Gasteiger partial charge in [-0.1, -0.05) is 17.7 Å². The third kappa shape index (κ3) is 4.56. The third-order valence-electron chi connectivity index (χ3n) is 2.34. The fourth-order valence-corrected chi connectivity index (χ4v) is 1.28. The maximum atomic E-state index is 11.5. The molecule has 0 saturated carbocycles. The summed E-state index contributed by atoms with van der Waals surface area (Å²) < 4.78 is 5.43. The van der Waals surface area contributed by atoms with E-state index in [1.165, 1.54) is 10.5 Å². The molecule has 90 valence electrons. The lowest BCUT2D eigenvalue weighted by atomic mass is 10.2. The van der Waals surface area contributed by atoms with Crippen LogP contribution in [0.15, 0.2) is 24.3 Å². The zero-order chi connectivity index (χ0) is 12.7. The van der Waals surface area contributed by atoms with Crippen LogP contribution in [0.25, 0.3) is 0 Å². The molecule has 0 spiro atoms. The van der Waals surface area contributed by atoms with Crippen LogP contribution in [0.1, 0.15) is 12.0 Å². The molecule has 0 aliphatic rings. The van der Waals surface area contributed by atoms with Crippen LogP contribution in [0.3, 0.4) is 0 Å². The average Bonchev–Trinajstić information content (AvgIpc) is 2.32. The Labute approximate surface area is 101 Å². The van der Waals surface area contributed by atoms with Crippen molar-refractivity contribution >= 4 is 5.91 Å². The molecule has 0 aliphatic carbocycles. The lowest BCUT2D eigenvalue weighted by Crippen LogP contribution is -2.28. The van der Waals surface area contributed by atoms with Crippen LogP contribution >= 0.6 is 0 Å². The van der Waals surface area contributed by atoms with E-state index < -0.39 is 0 Å². The van der Waals surface area contributed by atoms with E-state index in [0.717, 1.165) is 5.75 Å². The summed E-state index contributed by atoms with van der Waals surface area (Å²) in [6.45, 7) is 2.45. The van der Waals surface area contributed by atoms with Gasteiger partial charge in [0.2, 0.25) is 5.91 Å². The number of aryl methyl sites for hydroxylation is 1. The van der Waals surface area contributed by atoms with E-state index in [9.17, 15) is 4.79 Å². The third-order valence-corrected chi connectivity index (χ3v) is 2.34. The Morgan fingerprint density at radius 1 is 1.41 bits per heavy atom. The van der Waals surface area contributed by atoms with E-state index in [2.05, 4.69) is 0 Å². The second-order valence-electron chi connectivity index (χ2n) is 3.82. The lowest BCUT2D eigenvalue weighted by molar-refractivity contribution is -0.129. The molecule has 4 heteroatoms. The molecular weight excluding hydrogens is 216 g/mol. The van der Waals surface area contributed by atoms with Crippen molar-refractivity contribution in [2.75, 3.05) is 20.2 Å².